The number of hydrogen-bond donors (Lipinski definition) is 2. The van der Waals surface area contributed by atoms with Crippen LogP contribution in [0.15, 0.2) is 18.2 Å². The van der Waals surface area contributed by atoms with Crippen LogP contribution in [0.4, 0.5) is 10.5 Å². The highest BCUT2D eigenvalue weighted by Crippen LogP contribution is 2.39. The molecule has 1 aliphatic carbocycles. The van der Waals surface area contributed by atoms with Crippen molar-refractivity contribution in [1.82, 2.24) is 15.1 Å². The largest absolute Gasteiger partial charge is 0.345 e. The van der Waals surface area contributed by atoms with Crippen molar-refractivity contribution in [2.75, 3.05) is 25.5 Å². The predicted octanol–water partition coefficient (Wildman–Crippen LogP) is 1.96. The van der Waals surface area contributed by atoms with E-state index in [1.54, 1.807) is 7.05 Å². The predicted molar refractivity (Wildman–Crippen MR) is 108 cm³/mol. The molecule has 0 atom stereocenters. The van der Waals surface area contributed by atoms with Crippen LogP contribution in [0, 0.1) is 13.8 Å². The lowest BCUT2D eigenvalue weighted by molar-refractivity contribution is -0.137. The molecule has 2 fully saturated rings. The zero-order valence-electron chi connectivity index (χ0n) is 17.2. The topological polar surface area (TPSA) is 98.8 Å². The van der Waals surface area contributed by atoms with E-state index in [2.05, 4.69) is 10.6 Å². The van der Waals surface area contributed by atoms with E-state index in [0.717, 1.165) is 41.0 Å². The number of urea groups is 1. The highest BCUT2D eigenvalue weighted by Gasteiger charge is 2.55. The fourth-order valence-corrected chi connectivity index (χ4v) is 4.24. The first kappa shape index (κ1) is 20.8. The second-order valence-electron chi connectivity index (χ2n) is 7.92. The maximum absolute atomic E-state index is 12.9. The quantitative estimate of drug-likeness (QED) is 0.738. The van der Waals surface area contributed by atoms with E-state index in [0.29, 0.717) is 12.8 Å². The number of carbonyl (C=O) groups is 4. The number of likely N-dealkylation sites (N-methyl/N-ethyl adjacent to an activating group) is 1. The van der Waals surface area contributed by atoms with Crippen molar-refractivity contribution in [2.45, 2.75) is 51.5 Å². The third-order valence-corrected chi connectivity index (χ3v) is 5.98. The number of nitrogens with one attached hydrogen (secondary N) is 2. The molecular weight excluding hydrogens is 372 g/mol. The Hall–Kier alpha value is -2.90. The van der Waals surface area contributed by atoms with Crippen molar-refractivity contribution in [1.29, 1.82) is 0 Å². The van der Waals surface area contributed by atoms with Gasteiger partial charge < -0.3 is 15.5 Å². The highest BCUT2D eigenvalue weighted by atomic mass is 16.2. The Kier molecular flexibility index (Phi) is 5.91. The summed E-state index contributed by atoms with van der Waals surface area (Å²) < 4.78 is 0. The monoisotopic (exact) mass is 400 g/mol. The molecule has 29 heavy (non-hydrogen) atoms. The summed E-state index contributed by atoms with van der Waals surface area (Å²) in [7, 11) is 1.63. The summed E-state index contributed by atoms with van der Waals surface area (Å²) in [5.74, 6) is -1.21. The van der Waals surface area contributed by atoms with Gasteiger partial charge in [-0.15, -0.1) is 0 Å². The zero-order valence-corrected chi connectivity index (χ0v) is 17.2. The molecule has 1 saturated carbocycles. The fraction of sp³-hybridized carbons (Fsp3) is 0.524. The van der Waals surface area contributed by atoms with Crippen molar-refractivity contribution >= 4 is 29.4 Å². The Labute approximate surface area is 170 Å². The normalized spacial score (nSPS) is 18.3. The lowest BCUT2D eigenvalue weighted by Gasteiger charge is -2.35. The first-order chi connectivity index (χ1) is 13.8. The van der Waals surface area contributed by atoms with Crippen molar-refractivity contribution in [3.05, 3.63) is 29.3 Å². The van der Waals surface area contributed by atoms with Gasteiger partial charge in [0.05, 0.1) is 6.54 Å². The molecule has 1 aromatic rings. The Balaban J connectivity index is 1.56. The first-order valence-corrected chi connectivity index (χ1v) is 9.99. The third-order valence-electron chi connectivity index (χ3n) is 5.98. The summed E-state index contributed by atoms with van der Waals surface area (Å²) in [4.78, 5) is 52.4. The van der Waals surface area contributed by atoms with Crippen LogP contribution in [0.1, 0.15) is 43.2 Å². The minimum absolute atomic E-state index is 0.232. The molecule has 1 saturated heterocycles. The van der Waals surface area contributed by atoms with Crippen molar-refractivity contribution < 1.29 is 19.2 Å². The average molecular weight is 400 g/mol. The second-order valence-corrected chi connectivity index (χ2v) is 7.92. The minimum atomic E-state index is -0.810. The molecule has 0 bridgehead atoms. The lowest BCUT2D eigenvalue weighted by Crippen LogP contribution is -2.49. The van der Waals surface area contributed by atoms with Crippen LogP contribution < -0.4 is 10.6 Å². The number of rotatable bonds is 5. The molecular formula is C21H28N4O4. The smallest absolute Gasteiger partial charge is 0.327 e. The van der Waals surface area contributed by atoms with Gasteiger partial charge in [0.1, 0.15) is 12.1 Å². The molecule has 0 radical (unpaired) electrons. The van der Waals surface area contributed by atoms with Gasteiger partial charge >= 0.3 is 6.03 Å². The number of aryl methyl sites for hydroxylation is 2. The van der Waals surface area contributed by atoms with Crippen LogP contribution >= 0.6 is 0 Å². The van der Waals surface area contributed by atoms with Gasteiger partial charge in [0.15, 0.2) is 0 Å². The molecule has 156 valence electrons. The van der Waals surface area contributed by atoms with Crippen LogP contribution in [-0.4, -0.2) is 59.2 Å². The number of carbonyl (C=O) groups excluding carboxylic acids is 4. The van der Waals surface area contributed by atoms with Crippen molar-refractivity contribution in [3.63, 3.8) is 0 Å². The number of hydrogen-bond acceptors (Lipinski definition) is 4. The first-order valence-electron chi connectivity index (χ1n) is 9.99. The number of imide groups is 1. The van der Waals surface area contributed by atoms with Crippen LogP contribution in [0.2, 0.25) is 0 Å². The Morgan fingerprint density at radius 3 is 2.28 bits per heavy atom. The summed E-state index contributed by atoms with van der Waals surface area (Å²) in [6, 6.07) is 5.24. The molecule has 1 spiro atoms. The van der Waals surface area contributed by atoms with E-state index in [9.17, 15) is 19.2 Å². The molecule has 8 nitrogen and oxygen atoms in total. The second kappa shape index (κ2) is 8.23. The zero-order chi connectivity index (χ0) is 21.2. The number of amides is 5. The van der Waals surface area contributed by atoms with Gasteiger partial charge in [-0.25, -0.2) is 4.79 Å². The molecule has 2 N–H and O–H groups in total. The molecule has 0 aromatic heterocycles. The number of benzene rings is 1. The van der Waals surface area contributed by atoms with Gasteiger partial charge in [-0.1, -0.05) is 37.5 Å². The van der Waals surface area contributed by atoms with Gasteiger partial charge in [-0.3, -0.25) is 19.3 Å². The average Bonchev–Trinajstić information content (AvgIpc) is 2.86. The molecule has 3 rings (SSSR count). The van der Waals surface area contributed by atoms with Gasteiger partial charge in [-0.05, 0) is 37.8 Å². The maximum Gasteiger partial charge on any atom is 0.327 e. The number of nitrogens with zero attached hydrogens (tertiary/aromatic N) is 2. The van der Waals surface area contributed by atoms with E-state index < -0.39 is 17.5 Å². The highest BCUT2D eigenvalue weighted by molar-refractivity contribution is 6.09. The Morgan fingerprint density at radius 2 is 1.66 bits per heavy atom. The summed E-state index contributed by atoms with van der Waals surface area (Å²) in [5, 5.41) is 5.29. The molecule has 8 heteroatoms. The number of anilines is 1. The van der Waals surface area contributed by atoms with E-state index in [-0.39, 0.29) is 24.9 Å². The fourth-order valence-electron chi connectivity index (χ4n) is 4.24. The van der Waals surface area contributed by atoms with Gasteiger partial charge in [0.25, 0.3) is 5.91 Å². The molecule has 2 aliphatic rings. The lowest BCUT2D eigenvalue weighted by atomic mass is 9.81. The molecule has 0 unspecified atom stereocenters. The summed E-state index contributed by atoms with van der Waals surface area (Å²) >= 11 is 0. The van der Waals surface area contributed by atoms with Gasteiger partial charge in [0, 0.05) is 12.7 Å². The Morgan fingerprint density at radius 1 is 1.03 bits per heavy atom. The van der Waals surface area contributed by atoms with Gasteiger partial charge in [-0.2, -0.15) is 0 Å². The SMILES string of the molecule is Cc1cccc(C)c1NC(=O)CNC(=O)CN1C(=O)N(C)C2(CCCCC2)C1=O. The number of para-hydroxylation sites is 1. The summed E-state index contributed by atoms with van der Waals surface area (Å²) in [6.45, 7) is 3.18. The van der Waals surface area contributed by atoms with Crippen LogP contribution in [0.5, 0.6) is 0 Å². The molecule has 5 amide bonds. The van der Waals surface area contributed by atoms with Crippen LogP contribution in [0.25, 0.3) is 0 Å². The van der Waals surface area contributed by atoms with Crippen LogP contribution in [0.3, 0.4) is 0 Å². The maximum atomic E-state index is 12.9. The third kappa shape index (κ3) is 3.97. The molecule has 1 aromatic carbocycles. The van der Waals surface area contributed by atoms with Crippen LogP contribution in [-0.2, 0) is 14.4 Å². The summed E-state index contributed by atoms with van der Waals surface area (Å²) in [5.41, 5.74) is 1.77. The summed E-state index contributed by atoms with van der Waals surface area (Å²) in [6.07, 6.45) is 4.09. The molecule has 1 heterocycles. The van der Waals surface area contributed by atoms with Gasteiger partial charge in [0.2, 0.25) is 11.8 Å². The van der Waals surface area contributed by atoms with Crippen molar-refractivity contribution in [2.24, 2.45) is 0 Å². The van der Waals surface area contributed by atoms with E-state index in [4.69, 9.17) is 0 Å². The minimum Gasteiger partial charge on any atom is -0.345 e. The van der Waals surface area contributed by atoms with E-state index in [1.165, 1.54) is 4.90 Å². The van der Waals surface area contributed by atoms with E-state index >= 15 is 0 Å². The molecule has 1 aliphatic heterocycles. The Bertz CT molecular complexity index is 825. The van der Waals surface area contributed by atoms with E-state index in [1.807, 2.05) is 32.0 Å². The van der Waals surface area contributed by atoms with Crippen molar-refractivity contribution in [3.8, 4) is 0 Å². The standard InChI is InChI=1S/C21H28N4O4/c1-14-8-7-9-15(2)18(14)23-16(26)12-22-17(27)13-25-19(28)21(24(3)20(25)29)10-5-4-6-11-21/h7-9H,4-6,10-13H2,1-3H3,(H,22,27)(H,23,26).